The molecule has 230 valence electrons. The number of rotatable bonds is 10. The van der Waals surface area contributed by atoms with E-state index in [4.69, 9.17) is 16.3 Å². The Labute approximate surface area is 262 Å². The SMILES string of the molecule is C=CCN(C(=O)OCc1ccc([N+](=O)[O-])cc1)C1CCN(CC2CN(C(=O)c3ccccc3Cl)C[C@@H]2c2ccccc2)CC1. The summed E-state index contributed by atoms with van der Waals surface area (Å²) in [7, 11) is 0. The fourth-order valence-electron chi connectivity index (χ4n) is 6.30. The number of carbonyl (C=O) groups is 2. The monoisotopic (exact) mass is 616 g/mol. The van der Waals surface area contributed by atoms with E-state index in [-0.39, 0.29) is 36.1 Å². The molecule has 5 rings (SSSR count). The lowest BCUT2D eigenvalue weighted by atomic mass is 9.88. The van der Waals surface area contributed by atoms with Gasteiger partial charge in [0, 0.05) is 63.4 Å². The summed E-state index contributed by atoms with van der Waals surface area (Å²) in [5.74, 6) is 0.438. The van der Waals surface area contributed by atoms with Gasteiger partial charge < -0.3 is 19.4 Å². The Morgan fingerprint density at radius 3 is 2.34 bits per heavy atom. The highest BCUT2D eigenvalue weighted by atomic mass is 35.5. The summed E-state index contributed by atoms with van der Waals surface area (Å²) >= 11 is 6.37. The van der Waals surface area contributed by atoms with Crippen LogP contribution in [-0.4, -0.2) is 76.9 Å². The van der Waals surface area contributed by atoms with E-state index in [1.54, 1.807) is 35.2 Å². The second-order valence-electron chi connectivity index (χ2n) is 11.4. The van der Waals surface area contributed by atoms with E-state index in [1.165, 1.54) is 17.7 Å². The predicted octanol–water partition coefficient (Wildman–Crippen LogP) is 6.39. The second kappa shape index (κ2) is 14.5. The van der Waals surface area contributed by atoms with Crippen molar-refractivity contribution in [3.8, 4) is 0 Å². The van der Waals surface area contributed by atoms with E-state index in [0.717, 1.165) is 32.5 Å². The van der Waals surface area contributed by atoms with Crippen molar-refractivity contribution in [3.63, 3.8) is 0 Å². The Morgan fingerprint density at radius 1 is 1.00 bits per heavy atom. The minimum absolute atomic E-state index is 0.00675. The molecule has 2 heterocycles. The van der Waals surface area contributed by atoms with Crippen molar-refractivity contribution in [1.29, 1.82) is 0 Å². The maximum Gasteiger partial charge on any atom is 0.410 e. The van der Waals surface area contributed by atoms with Crippen molar-refractivity contribution < 1.29 is 19.2 Å². The molecule has 3 aromatic carbocycles. The number of likely N-dealkylation sites (tertiary alicyclic amines) is 2. The van der Waals surface area contributed by atoms with Gasteiger partial charge in [0.1, 0.15) is 6.61 Å². The van der Waals surface area contributed by atoms with Gasteiger partial charge in [-0.3, -0.25) is 14.9 Å². The Morgan fingerprint density at radius 2 is 1.68 bits per heavy atom. The van der Waals surface area contributed by atoms with Gasteiger partial charge in [-0.05, 0) is 54.2 Å². The predicted molar refractivity (Wildman–Crippen MR) is 170 cm³/mol. The number of ether oxygens (including phenoxy) is 1. The standard InChI is InChI=1S/C34H37ClN4O5/c1-2-18-38(34(41)44-24-25-12-14-29(15-13-25)39(42)43)28-16-19-36(20-17-28)21-27-22-37(23-31(27)26-8-4-3-5-9-26)33(40)30-10-6-7-11-32(30)35/h2-15,27-28,31H,1,16-24H2/t27?,31-/m1/s1. The zero-order chi connectivity index (χ0) is 31.1. The lowest BCUT2D eigenvalue weighted by Gasteiger charge is -2.39. The fraction of sp³-hybridized carbons (Fsp3) is 0.353. The number of halogens is 1. The molecule has 10 heteroatoms. The van der Waals surface area contributed by atoms with Gasteiger partial charge in [-0.15, -0.1) is 6.58 Å². The number of amides is 2. The highest BCUT2D eigenvalue weighted by Crippen LogP contribution is 2.35. The Balaban J connectivity index is 1.19. The number of carbonyl (C=O) groups excluding carboxylic acids is 2. The third kappa shape index (κ3) is 7.46. The topological polar surface area (TPSA) is 96.2 Å². The molecule has 0 bridgehead atoms. The van der Waals surface area contributed by atoms with Crippen LogP contribution in [0.3, 0.4) is 0 Å². The fourth-order valence-corrected chi connectivity index (χ4v) is 6.52. The van der Waals surface area contributed by atoms with Crippen LogP contribution in [0.15, 0.2) is 91.5 Å². The molecule has 2 atom stereocenters. The average Bonchev–Trinajstić information content (AvgIpc) is 3.47. The van der Waals surface area contributed by atoms with E-state index in [2.05, 4.69) is 23.6 Å². The van der Waals surface area contributed by atoms with Gasteiger partial charge >= 0.3 is 6.09 Å². The second-order valence-corrected chi connectivity index (χ2v) is 11.8. The molecule has 0 spiro atoms. The number of hydrogen-bond acceptors (Lipinski definition) is 6. The van der Waals surface area contributed by atoms with E-state index in [9.17, 15) is 19.7 Å². The van der Waals surface area contributed by atoms with E-state index in [0.29, 0.717) is 35.8 Å². The van der Waals surface area contributed by atoms with Gasteiger partial charge in [0.2, 0.25) is 0 Å². The maximum atomic E-state index is 13.5. The summed E-state index contributed by atoms with van der Waals surface area (Å²) in [4.78, 5) is 43.1. The molecule has 0 aromatic heterocycles. The largest absolute Gasteiger partial charge is 0.445 e. The van der Waals surface area contributed by atoms with Crippen LogP contribution in [-0.2, 0) is 11.3 Å². The number of nitrogens with zero attached hydrogens (tertiary/aromatic N) is 4. The number of non-ortho nitro benzene ring substituents is 1. The Kier molecular flexibility index (Phi) is 10.3. The number of piperidine rings is 1. The van der Waals surface area contributed by atoms with Crippen LogP contribution in [0, 0.1) is 16.0 Å². The molecule has 0 N–H and O–H groups in total. The quantitative estimate of drug-likeness (QED) is 0.149. The summed E-state index contributed by atoms with van der Waals surface area (Å²) in [6.45, 7) is 8.04. The summed E-state index contributed by atoms with van der Waals surface area (Å²) < 4.78 is 5.58. The molecule has 0 radical (unpaired) electrons. The molecule has 2 aliphatic heterocycles. The molecular weight excluding hydrogens is 580 g/mol. The molecule has 2 fully saturated rings. The summed E-state index contributed by atoms with van der Waals surface area (Å²) in [5, 5.41) is 11.4. The van der Waals surface area contributed by atoms with Crippen molar-refractivity contribution in [2.24, 2.45) is 5.92 Å². The summed E-state index contributed by atoms with van der Waals surface area (Å²) in [6.07, 6.45) is 2.87. The molecule has 3 aromatic rings. The molecule has 9 nitrogen and oxygen atoms in total. The van der Waals surface area contributed by atoms with Crippen LogP contribution < -0.4 is 0 Å². The maximum absolute atomic E-state index is 13.5. The number of nitro groups is 1. The normalized spacial score (nSPS) is 19.0. The first-order chi connectivity index (χ1) is 21.3. The lowest BCUT2D eigenvalue weighted by Crippen LogP contribution is -2.48. The first kappa shape index (κ1) is 31.2. The van der Waals surface area contributed by atoms with Crippen molar-refractivity contribution in [2.45, 2.75) is 31.4 Å². The van der Waals surface area contributed by atoms with Crippen molar-refractivity contribution in [2.75, 3.05) is 39.3 Å². The number of benzene rings is 3. The summed E-state index contributed by atoms with van der Waals surface area (Å²) in [6, 6.07) is 23.6. The van der Waals surface area contributed by atoms with Gasteiger partial charge in [0.05, 0.1) is 15.5 Å². The molecule has 0 aliphatic carbocycles. The zero-order valence-corrected chi connectivity index (χ0v) is 25.4. The third-order valence-corrected chi connectivity index (χ3v) is 8.95. The third-order valence-electron chi connectivity index (χ3n) is 8.62. The van der Waals surface area contributed by atoms with Gasteiger partial charge in [-0.1, -0.05) is 60.1 Å². The van der Waals surface area contributed by atoms with Crippen LogP contribution in [0.5, 0.6) is 0 Å². The van der Waals surface area contributed by atoms with Crippen LogP contribution in [0.4, 0.5) is 10.5 Å². The Hall–Kier alpha value is -4.21. The van der Waals surface area contributed by atoms with Gasteiger partial charge in [0.15, 0.2) is 0 Å². The van der Waals surface area contributed by atoms with Crippen molar-refractivity contribution in [3.05, 3.63) is 123 Å². The molecule has 0 saturated carbocycles. The Bertz CT molecular complexity index is 1460. The molecule has 44 heavy (non-hydrogen) atoms. The number of hydrogen-bond donors (Lipinski definition) is 0. The lowest BCUT2D eigenvalue weighted by molar-refractivity contribution is -0.384. The highest BCUT2D eigenvalue weighted by Gasteiger charge is 2.38. The van der Waals surface area contributed by atoms with E-state index >= 15 is 0 Å². The van der Waals surface area contributed by atoms with Crippen molar-refractivity contribution in [1.82, 2.24) is 14.7 Å². The molecule has 2 amide bonds. The number of nitro benzene ring substituents is 1. The van der Waals surface area contributed by atoms with Gasteiger partial charge in [-0.25, -0.2) is 4.79 Å². The highest BCUT2D eigenvalue weighted by molar-refractivity contribution is 6.33. The van der Waals surface area contributed by atoms with Gasteiger partial charge in [0.25, 0.3) is 11.6 Å². The zero-order valence-electron chi connectivity index (χ0n) is 24.6. The first-order valence-electron chi connectivity index (χ1n) is 14.9. The molecular formula is C34H37ClN4O5. The average molecular weight is 617 g/mol. The van der Waals surface area contributed by atoms with Crippen LogP contribution in [0.25, 0.3) is 0 Å². The first-order valence-corrected chi connectivity index (χ1v) is 15.3. The molecule has 2 saturated heterocycles. The van der Waals surface area contributed by atoms with Crippen LogP contribution in [0.1, 0.15) is 40.2 Å². The van der Waals surface area contributed by atoms with E-state index in [1.807, 2.05) is 35.2 Å². The molecule has 2 aliphatic rings. The van der Waals surface area contributed by atoms with Crippen LogP contribution in [0.2, 0.25) is 5.02 Å². The minimum Gasteiger partial charge on any atom is -0.445 e. The smallest absolute Gasteiger partial charge is 0.410 e. The summed E-state index contributed by atoms with van der Waals surface area (Å²) in [5.41, 5.74) is 2.44. The van der Waals surface area contributed by atoms with Crippen LogP contribution >= 0.6 is 11.6 Å². The van der Waals surface area contributed by atoms with Crippen molar-refractivity contribution >= 4 is 29.3 Å². The molecule has 1 unspecified atom stereocenters. The van der Waals surface area contributed by atoms with Gasteiger partial charge in [-0.2, -0.15) is 0 Å². The van der Waals surface area contributed by atoms with E-state index < -0.39 is 11.0 Å². The minimum atomic E-state index is -0.460.